The van der Waals surface area contributed by atoms with Crippen LogP contribution in [0.2, 0.25) is 0 Å². The molecular formula is C9H16O3. The Morgan fingerprint density at radius 1 is 1.50 bits per heavy atom. The maximum Gasteiger partial charge on any atom is 0.305 e. The van der Waals surface area contributed by atoms with Gasteiger partial charge < -0.3 is 9.47 Å². The van der Waals surface area contributed by atoms with Crippen LogP contribution < -0.4 is 0 Å². The number of ether oxygens (including phenoxy) is 2. The van der Waals surface area contributed by atoms with E-state index < -0.39 is 0 Å². The smallest absolute Gasteiger partial charge is 0.305 e. The molecule has 0 N–H and O–H groups in total. The summed E-state index contributed by atoms with van der Waals surface area (Å²) in [5, 5.41) is 0. The van der Waals surface area contributed by atoms with Crippen molar-refractivity contribution in [3.05, 3.63) is 0 Å². The van der Waals surface area contributed by atoms with Gasteiger partial charge in [-0.15, -0.1) is 0 Å². The lowest BCUT2D eigenvalue weighted by Gasteiger charge is -2.21. The summed E-state index contributed by atoms with van der Waals surface area (Å²) in [6.07, 6.45) is 3.70. The molecule has 0 unspecified atom stereocenters. The zero-order valence-corrected chi connectivity index (χ0v) is 7.54. The first-order valence-corrected chi connectivity index (χ1v) is 4.47. The van der Waals surface area contributed by atoms with Gasteiger partial charge in [0, 0.05) is 19.6 Å². The van der Waals surface area contributed by atoms with Gasteiger partial charge >= 0.3 is 5.97 Å². The van der Waals surface area contributed by atoms with Crippen LogP contribution in [0, 0.1) is 5.92 Å². The molecule has 0 aromatic heterocycles. The van der Waals surface area contributed by atoms with Crippen LogP contribution in [0.15, 0.2) is 0 Å². The first-order chi connectivity index (χ1) is 5.83. The van der Waals surface area contributed by atoms with E-state index in [2.05, 4.69) is 4.74 Å². The lowest BCUT2D eigenvalue weighted by atomic mass is 9.95. The van der Waals surface area contributed by atoms with Crippen LogP contribution in [-0.4, -0.2) is 26.3 Å². The molecule has 1 fully saturated rings. The third-order valence-electron chi connectivity index (χ3n) is 2.33. The van der Waals surface area contributed by atoms with E-state index in [-0.39, 0.29) is 5.97 Å². The normalized spacial score (nSPS) is 19.1. The fourth-order valence-corrected chi connectivity index (χ4v) is 1.46. The summed E-state index contributed by atoms with van der Waals surface area (Å²) in [6, 6.07) is 0. The van der Waals surface area contributed by atoms with Crippen molar-refractivity contribution in [2.75, 3.05) is 20.3 Å². The van der Waals surface area contributed by atoms with Crippen molar-refractivity contribution < 1.29 is 14.3 Å². The van der Waals surface area contributed by atoms with Crippen LogP contribution >= 0.6 is 0 Å². The quantitative estimate of drug-likeness (QED) is 0.603. The molecule has 0 saturated carbocycles. The van der Waals surface area contributed by atoms with Gasteiger partial charge in [-0.25, -0.2) is 0 Å². The summed E-state index contributed by atoms with van der Waals surface area (Å²) >= 11 is 0. The number of carbonyl (C=O) groups excluding carboxylic acids is 1. The second kappa shape index (κ2) is 5.14. The highest BCUT2D eigenvalue weighted by Crippen LogP contribution is 2.19. The molecule has 1 aliphatic rings. The molecule has 1 heterocycles. The first-order valence-electron chi connectivity index (χ1n) is 4.47. The molecule has 0 radical (unpaired) electrons. The van der Waals surface area contributed by atoms with Crippen molar-refractivity contribution in [3.8, 4) is 0 Å². The Bertz CT molecular complexity index is 139. The van der Waals surface area contributed by atoms with E-state index in [0.717, 1.165) is 32.5 Å². The highest BCUT2D eigenvalue weighted by atomic mass is 16.5. The zero-order valence-electron chi connectivity index (χ0n) is 7.54. The maximum atomic E-state index is 10.8. The second-order valence-electron chi connectivity index (χ2n) is 3.17. The monoisotopic (exact) mass is 172 g/mol. The Morgan fingerprint density at radius 2 is 2.17 bits per heavy atom. The zero-order chi connectivity index (χ0) is 8.81. The SMILES string of the molecule is COC(=O)CCC1CCOCC1. The van der Waals surface area contributed by atoms with E-state index >= 15 is 0 Å². The van der Waals surface area contributed by atoms with E-state index in [1.807, 2.05) is 0 Å². The minimum Gasteiger partial charge on any atom is -0.469 e. The van der Waals surface area contributed by atoms with E-state index in [0.29, 0.717) is 12.3 Å². The summed E-state index contributed by atoms with van der Waals surface area (Å²) < 4.78 is 9.79. The molecular weight excluding hydrogens is 156 g/mol. The Hall–Kier alpha value is -0.570. The summed E-state index contributed by atoms with van der Waals surface area (Å²) in [5.74, 6) is 0.569. The van der Waals surface area contributed by atoms with Crippen molar-refractivity contribution in [1.29, 1.82) is 0 Å². The molecule has 70 valence electrons. The molecule has 0 bridgehead atoms. The summed E-state index contributed by atoms with van der Waals surface area (Å²) in [6.45, 7) is 1.71. The van der Waals surface area contributed by atoms with Crippen molar-refractivity contribution in [2.24, 2.45) is 5.92 Å². The fourth-order valence-electron chi connectivity index (χ4n) is 1.46. The molecule has 1 aliphatic heterocycles. The standard InChI is InChI=1S/C9H16O3/c1-11-9(10)3-2-8-4-6-12-7-5-8/h8H,2-7H2,1H3. The second-order valence-corrected chi connectivity index (χ2v) is 3.17. The Kier molecular flexibility index (Phi) is 4.08. The molecule has 0 aliphatic carbocycles. The van der Waals surface area contributed by atoms with E-state index in [1.165, 1.54) is 7.11 Å². The average Bonchev–Trinajstić information content (AvgIpc) is 2.16. The lowest BCUT2D eigenvalue weighted by molar-refractivity contribution is -0.141. The van der Waals surface area contributed by atoms with Gasteiger partial charge in [-0.1, -0.05) is 0 Å². The van der Waals surface area contributed by atoms with Crippen molar-refractivity contribution in [3.63, 3.8) is 0 Å². The van der Waals surface area contributed by atoms with Gasteiger partial charge in [-0.2, -0.15) is 0 Å². The first kappa shape index (κ1) is 9.52. The van der Waals surface area contributed by atoms with Crippen molar-refractivity contribution in [2.45, 2.75) is 25.7 Å². The van der Waals surface area contributed by atoms with Gasteiger partial charge in [0.05, 0.1) is 7.11 Å². The molecule has 0 amide bonds. The number of carbonyl (C=O) groups is 1. The van der Waals surface area contributed by atoms with Crippen LogP contribution in [0.3, 0.4) is 0 Å². The van der Waals surface area contributed by atoms with Gasteiger partial charge in [0.25, 0.3) is 0 Å². The van der Waals surface area contributed by atoms with Crippen LogP contribution in [0.5, 0.6) is 0 Å². The highest BCUT2D eigenvalue weighted by Gasteiger charge is 2.14. The van der Waals surface area contributed by atoms with Crippen LogP contribution in [-0.2, 0) is 14.3 Å². The number of rotatable bonds is 3. The third kappa shape index (κ3) is 3.22. The topological polar surface area (TPSA) is 35.5 Å². The van der Waals surface area contributed by atoms with Crippen LogP contribution in [0.25, 0.3) is 0 Å². The molecule has 0 aromatic rings. The fraction of sp³-hybridized carbons (Fsp3) is 0.889. The number of hydrogen-bond acceptors (Lipinski definition) is 3. The summed E-state index contributed by atoms with van der Waals surface area (Å²) in [7, 11) is 1.44. The average molecular weight is 172 g/mol. The molecule has 12 heavy (non-hydrogen) atoms. The molecule has 3 nitrogen and oxygen atoms in total. The van der Waals surface area contributed by atoms with Gasteiger partial charge in [0.2, 0.25) is 0 Å². The largest absolute Gasteiger partial charge is 0.469 e. The Morgan fingerprint density at radius 3 is 2.75 bits per heavy atom. The lowest BCUT2D eigenvalue weighted by Crippen LogP contribution is -2.16. The Balaban J connectivity index is 2.09. The molecule has 0 aromatic carbocycles. The van der Waals surface area contributed by atoms with Crippen LogP contribution in [0.4, 0.5) is 0 Å². The van der Waals surface area contributed by atoms with Crippen LogP contribution in [0.1, 0.15) is 25.7 Å². The van der Waals surface area contributed by atoms with E-state index in [9.17, 15) is 4.79 Å². The molecule has 1 saturated heterocycles. The van der Waals surface area contributed by atoms with Gasteiger partial charge in [0.15, 0.2) is 0 Å². The summed E-state index contributed by atoms with van der Waals surface area (Å²) in [5.41, 5.74) is 0. The van der Waals surface area contributed by atoms with E-state index in [4.69, 9.17) is 4.74 Å². The van der Waals surface area contributed by atoms with Gasteiger partial charge in [-0.3, -0.25) is 4.79 Å². The summed E-state index contributed by atoms with van der Waals surface area (Å²) in [4.78, 5) is 10.8. The Labute approximate surface area is 73.0 Å². The predicted octanol–water partition coefficient (Wildman–Crippen LogP) is 1.37. The number of methoxy groups -OCH3 is 1. The minimum absolute atomic E-state index is 0.0958. The number of hydrogen-bond donors (Lipinski definition) is 0. The van der Waals surface area contributed by atoms with Crippen molar-refractivity contribution >= 4 is 5.97 Å². The maximum absolute atomic E-state index is 10.8. The minimum atomic E-state index is -0.0958. The van der Waals surface area contributed by atoms with Crippen molar-refractivity contribution in [1.82, 2.24) is 0 Å². The van der Waals surface area contributed by atoms with E-state index in [1.54, 1.807) is 0 Å². The predicted molar refractivity (Wildman–Crippen MR) is 44.8 cm³/mol. The molecule has 3 heteroatoms. The van der Waals surface area contributed by atoms with Gasteiger partial charge in [0.1, 0.15) is 0 Å². The molecule has 0 spiro atoms. The third-order valence-corrected chi connectivity index (χ3v) is 2.33. The molecule has 1 rings (SSSR count). The number of esters is 1. The highest BCUT2D eigenvalue weighted by molar-refractivity contribution is 5.69. The van der Waals surface area contributed by atoms with Gasteiger partial charge in [-0.05, 0) is 25.2 Å². The molecule has 0 atom stereocenters.